The average molecular weight is 296 g/mol. The Morgan fingerprint density at radius 3 is 2.85 bits per heavy atom. The summed E-state index contributed by atoms with van der Waals surface area (Å²) in [5.74, 6) is 0.913. The molecule has 0 aromatic carbocycles. The Balaban J connectivity index is 2.10. The van der Waals surface area contributed by atoms with Crippen molar-refractivity contribution in [3.63, 3.8) is 0 Å². The molecule has 4 N–H and O–H groups in total. The minimum absolute atomic E-state index is 0.0874. The highest BCUT2D eigenvalue weighted by Crippen LogP contribution is 2.31. The first kappa shape index (κ1) is 15.1. The molecule has 5 nitrogen and oxygen atoms in total. The number of amides is 1. The highest BCUT2D eigenvalue weighted by atomic mass is 32.1. The number of hydrogen-bond acceptors (Lipinski definition) is 5. The van der Waals surface area contributed by atoms with Gasteiger partial charge in [-0.1, -0.05) is 19.8 Å². The number of aromatic nitrogens is 1. The first-order chi connectivity index (χ1) is 9.47. The molecule has 0 bridgehead atoms. The van der Waals surface area contributed by atoms with Crippen LogP contribution >= 0.6 is 11.5 Å². The summed E-state index contributed by atoms with van der Waals surface area (Å²) in [5, 5.41) is 7.16. The number of nitrogen functional groups attached to an aromatic ring is 1. The maximum absolute atomic E-state index is 12.2. The van der Waals surface area contributed by atoms with Crippen LogP contribution in [0.15, 0.2) is 0 Å². The van der Waals surface area contributed by atoms with E-state index in [1.165, 1.54) is 24.4 Å². The van der Waals surface area contributed by atoms with Gasteiger partial charge in [-0.05, 0) is 44.1 Å². The smallest absolute Gasteiger partial charge is 0.258 e. The summed E-state index contributed by atoms with van der Waals surface area (Å²) in [6.07, 6.45) is 4.82. The van der Waals surface area contributed by atoms with Gasteiger partial charge in [-0.15, -0.1) is 0 Å². The third-order valence-corrected chi connectivity index (χ3v) is 4.43. The van der Waals surface area contributed by atoms with E-state index in [1.807, 2.05) is 13.8 Å². The zero-order valence-electron chi connectivity index (χ0n) is 12.4. The second kappa shape index (κ2) is 6.43. The van der Waals surface area contributed by atoms with Crippen LogP contribution in [-0.2, 0) is 0 Å². The highest BCUT2D eigenvalue weighted by molar-refractivity contribution is 7.11. The van der Waals surface area contributed by atoms with Crippen LogP contribution in [0.5, 0.6) is 0 Å². The van der Waals surface area contributed by atoms with Gasteiger partial charge in [-0.3, -0.25) is 4.79 Å². The van der Waals surface area contributed by atoms with Crippen molar-refractivity contribution < 1.29 is 4.79 Å². The van der Waals surface area contributed by atoms with Gasteiger partial charge >= 0.3 is 0 Å². The van der Waals surface area contributed by atoms with Gasteiger partial charge in [0.15, 0.2) is 5.82 Å². The van der Waals surface area contributed by atoms with Crippen molar-refractivity contribution in [3.8, 4) is 0 Å². The summed E-state index contributed by atoms with van der Waals surface area (Å²) in [5.41, 5.74) is 6.35. The van der Waals surface area contributed by atoms with Gasteiger partial charge in [0.2, 0.25) is 0 Å². The maximum atomic E-state index is 12.2. The van der Waals surface area contributed by atoms with E-state index in [4.69, 9.17) is 5.73 Å². The number of rotatable bonds is 4. The lowest BCUT2D eigenvalue weighted by molar-refractivity contribution is 0.0945. The number of nitrogens with two attached hydrogens (primary N) is 1. The van der Waals surface area contributed by atoms with E-state index in [1.54, 1.807) is 0 Å². The second-order valence-corrected chi connectivity index (χ2v) is 6.79. The zero-order chi connectivity index (χ0) is 14.7. The molecule has 0 spiro atoms. The Morgan fingerprint density at radius 1 is 1.45 bits per heavy atom. The number of anilines is 2. The van der Waals surface area contributed by atoms with Crippen LogP contribution in [-0.4, -0.2) is 22.4 Å². The van der Waals surface area contributed by atoms with Gasteiger partial charge in [-0.2, -0.15) is 4.37 Å². The molecule has 1 aliphatic carbocycles. The number of carbonyl (C=O) groups excluding carboxylic acids is 1. The van der Waals surface area contributed by atoms with E-state index >= 15 is 0 Å². The third-order valence-electron chi connectivity index (χ3n) is 3.64. The Bertz CT molecular complexity index is 472. The van der Waals surface area contributed by atoms with Crippen molar-refractivity contribution in [1.29, 1.82) is 0 Å². The van der Waals surface area contributed by atoms with E-state index in [0.717, 1.165) is 23.8 Å². The van der Waals surface area contributed by atoms with Crippen molar-refractivity contribution in [3.05, 3.63) is 5.56 Å². The lowest BCUT2D eigenvalue weighted by Gasteiger charge is -2.27. The first-order valence-electron chi connectivity index (χ1n) is 7.30. The lowest BCUT2D eigenvalue weighted by atomic mass is 9.87. The van der Waals surface area contributed by atoms with E-state index < -0.39 is 0 Å². The van der Waals surface area contributed by atoms with Gasteiger partial charge < -0.3 is 16.4 Å². The Labute approximate surface area is 124 Å². The molecule has 20 heavy (non-hydrogen) atoms. The number of hydrogen-bond donors (Lipinski definition) is 3. The van der Waals surface area contributed by atoms with Crippen molar-refractivity contribution >= 4 is 28.3 Å². The third kappa shape index (κ3) is 3.62. The first-order valence-corrected chi connectivity index (χ1v) is 8.07. The van der Waals surface area contributed by atoms with Crippen LogP contribution in [0.3, 0.4) is 0 Å². The topological polar surface area (TPSA) is 80.0 Å². The molecule has 2 unspecified atom stereocenters. The molecule has 2 rings (SSSR count). The quantitative estimate of drug-likeness (QED) is 0.798. The molecule has 2 atom stereocenters. The van der Waals surface area contributed by atoms with E-state index in [9.17, 15) is 4.79 Å². The Hall–Kier alpha value is -1.30. The molecule has 1 aliphatic rings. The van der Waals surface area contributed by atoms with Crippen LogP contribution in [0.25, 0.3) is 0 Å². The molecule has 112 valence electrons. The summed E-state index contributed by atoms with van der Waals surface area (Å²) in [6, 6.07) is 0.508. The number of nitrogens with one attached hydrogen (secondary N) is 2. The van der Waals surface area contributed by atoms with Crippen LogP contribution in [0.1, 0.15) is 56.8 Å². The predicted molar refractivity (Wildman–Crippen MR) is 84.2 cm³/mol. The molecule has 1 saturated carbocycles. The maximum Gasteiger partial charge on any atom is 0.258 e. The average Bonchev–Trinajstić information content (AvgIpc) is 2.69. The van der Waals surface area contributed by atoms with Crippen LogP contribution in [0.2, 0.25) is 0 Å². The summed E-state index contributed by atoms with van der Waals surface area (Å²) >= 11 is 1.28. The lowest BCUT2D eigenvalue weighted by Crippen LogP contribution is -2.32. The van der Waals surface area contributed by atoms with Crippen molar-refractivity contribution in [2.24, 2.45) is 5.92 Å². The van der Waals surface area contributed by atoms with Crippen LogP contribution < -0.4 is 16.4 Å². The summed E-state index contributed by atoms with van der Waals surface area (Å²) in [4.78, 5) is 12.2. The largest absolute Gasteiger partial charge is 0.382 e. The molecule has 6 heteroatoms. The molecule has 1 heterocycles. The van der Waals surface area contributed by atoms with Crippen LogP contribution in [0, 0.1) is 5.92 Å². The monoisotopic (exact) mass is 296 g/mol. The van der Waals surface area contributed by atoms with E-state index in [-0.39, 0.29) is 11.9 Å². The van der Waals surface area contributed by atoms with Crippen molar-refractivity contribution in [1.82, 2.24) is 9.69 Å². The van der Waals surface area contributed by atoms with Gasteiger partial charge in [0.25, 0.3) is 5.91 Å². The minimum Gasteiger partial charge on any atom is -0.382 e. The minimum atomic E-state index is -0.141. The predicted octanol–water partition coefficient (Wildman–Crippen LogP) is 2.85. The SMILES string of the molecule is CC1CCCC(Nc2snc(N)c2C(=O)NC(C)C)C1. The fourth-order valence-corrected chi connectivity index (χ4v) is 3.49. The molecular formula is C14H24N4OS. The van der Waals surface area contributed by atoms with E-state index in [2.05, 4.69) is 21.9 Å². The summed E-state index contributed by atoms with van der Waals surface area (Å²) in [6.45, 7) is 6.15. The van der Waals surface area contributed by atoms with Gasteiger partial charge in [0, 0.05) is 12.1 Å². The Kier molecular flexibility index (Phi) is 4.86. The molecule has 1 aromatic heterocycles. The molecule has 0 aliphatic heterocycles. The van der Waals surface area contributed by atoms with Crippen LogP contribution in [0.4, 0.5) is 10.8 Å². The zero-order valence-corrected chi connectivity index (χ0v) is 13.2. The molecule has 0 radical (unpaired) electrons. The summed E-state index contributed by atoms with van der Waals surface area (Å²) in [7, 11) is 0. The molecular weight excluding hydrogens is 272 g/mol. The fraction of sp³-hybridized carbons (Fsp3) is 0.714. The molecule has 1 amide bonds. The number of nitrogens with zero attached hydrogens (tertiary/aromatic N) is 1. The number of carbonyl (C=O) groups is 1. The molecule has 0 saturated heterocycles. The van der Waals surface area contributed by atoms with Crippen molar-refractivity contribution in [2.75, 3.05) is 11.1 Å². The normalized spacial score (nSPS) is 22.8. The van der Waals surface area contributed by atoms with Gasteiger partial charge in [0.05, 0.1) is 0 Å². The standard InChI is InChI=1S/C14H24N4OS/c1-8(2)16-13(19)11-12(15)18-20-14(11)17-10-6-4-5-9(3)7-10/h8-10,17H,4-7H2,1-3H3,(H2,15,18)(H,16,19). The highest BCUT2D eigenvalue weighted by Gasteiger charge is 2.24. The van der Waals surface area contributed by atoms with E-state index in [0.29, 0.717) is 17.4 Å². The Morgan fingerprint density at radius 2 is 2.20 bits per heavy atom. The molecule has 1 aromatic rings. The van der Waals surface area contributed by atoms with Crippen molar-refractivity contribution in [2.45, 2.75) is 58.5 Å². The fourth-order valence-electron chi connectivity index (χ4n) is 2.71. The van der Waals surface area contributed by atoms with Gasteiger partial charge in [-0.25, -0.2) is 0 Å². The second-order valence-electron chi connectivity index (χ2n) is 6.01. The molecule has 1 fully saturated rings. The summed E-state index contributed by atoms with van der Waals surface area (Å²) < 4.78 is 4.13. The van der Waals surface area contributed by atoms with Gasteiger partial charge in [0.1, 0.15) is 10.6 Å².